The molecule has 0 unspecified atom stereocenters. The van der Waals surface area contributed by atoms with Gasteiger partial charge in [-0.05, 0) is 38.1 Å². The Bertz CT molecular complexity index is 1090. The smallest absolute Gasteiger partial charge is 0.214 e. The van der Waals surface area contributed by atoms with Crippen LogP contribution < -0.4 is 38.3 Å². The van der Waals surface area contributed by atoms with Gasteiger partial charge in [0, 0.05) is 61.7 Å². The number of aryl methyl sites for hydroxylation is 1. The van der Waals surface area contributed by atoms with Crippen LogP contribution in [0.25, 0.3) is 23.1 Å². The Morgan fingerprint density at radius 3 is 2.44 bits per heavy atom. The van der Waals surface area contributed by atoms with Crippen molar-refractivity contribution in [3.8, 4) is 5.75 Å². The highest BCUT2D eigenvalue weighted by Gasteiger charge is 2.20. The standard InChI is InChI=1S/C26H31N3O2.HI/c1-4-28(5-2)22-13-11-20(26(30)19-22)10-12-21-18-25(29-14-16-31-17-15-29)23-8-6-7-9-24(23)27(21)3;/h6-13,18-19H,4-5,14-17H2,1-3H3;1H. The molecule has 4 rings (SSSR count). The molecule has 3 aromatic rings. The number of hydrogen-bond donors (Lipinski definition) is 1. The third kappa shape index (κ3) is 5.02. The number of phenols is 1. The topological polar surface area (TPSA) is 39.8 Å². The Morgan fingerprint density at radius 2 is 1.75 bits per heavy atom. The number of pyridine rings is 1. The van der Waals surface area contributed by atoms with Gasteiger partial charge in [0.2, 0.25) is 11.2 Å². The fourth-order valence-electron chi connectivity index (χ4n) is 4.30. The lowest BCUT2D eigenvalue weighted by molar-refractivity contribution is -0.646. The zero-order valence-electron chi connectivity index (χ0n) is 19.1. The van der Waals surface area contributed by atoms with Gasteiger partial charge in [-0.3, -0.25) is 0 Å². The summed E-state index contributed by atoms with van der Waals surface area (Å²) in [6.07, 6.45) is 4.08. The molecule has 1 saturated heterocycles. The van der Waals surface area contributed by atoms with Gasteiger partial charge in [0.25, 0.3) is 0 Å². The zero-order valence-corrected chi connectivity index (χ0v) is 21.2. The van der Waals surface area contributed by atoms with E-state index in [0.717, 1.165) is 56.3 Å². The molecule has 1 N–H and O–H groups in total. The number of anilines is 2. The van der Waals surface area contributed by atoms with Gasteiger partial charge in [-0.1, -0.05) is 12.1 Å². The van der Waals surface area contributed by atoms with Gasteiger partial charge >= 0.3 is 0 Å². The number of benzene rings is 2. The number of nitrogens with zero attached hydrogens (tertiary/aromatic N) is 3. The molecule has 1 aromatic heterocycles. The molecule has 1 aliphatic heterocycles. The van der Waals surface area contributed by atoms with Crippen LogP contribution in [-0.4, -0.2) is 44.5 Å². The summed E-state index contributed by atoms with van der Waals surface area (Å²) in [6.45, 7) is 9.40. The molecule has 6 heteroatoms. The van der Waals surface area contributed by atoms with Crippen LogP contribution in [0.3, 0.4) is 0 Å². The lowest BCUT2D eigenvalue weighted by Crippen LogP contribution is -3.00. The number of rotatable bonds is 6. The van der Waals surface area contributed by atoms with Crippen LogP contribution in [0, 0.1) is 0 Å². The van der Waals surface area contributed by atoms with E-state index in [1.807, 2.05) is 18.2 Å². The van der Waals surface area contributed by atoms with E-state index in [0.29, 0.717) is 5.75 Å². The van der Waals surface area contributed by atoms with Crippen LogP contribution in [0.4, 0.5) is 11.4 Å². The van der Waals surface area contributed by atoms with Crippen LogP contribution in [-0.2, 0) is 11.8 Å². The van der Waals surface area contributed by atoms with Crippen molar-refractivity contribution in [3.63, 3.8) is 0 Å². The van der Waals surface area contributed by atoms with Crippen molar-refractivity contribution >= 4 is 34.4 Å². The highest BCUT2D eigenvalue weighted by Crippen LogP contribution is 2.29. The number of ether oxygens (including phenoxy) is 1. The molecular weight excluding hydrogens is 513 g/mol. The molecule has 0 spiro atoms. The van der Waals surface area contributed by atoms with Crippen molar-refractivity contribution < 1.29 is 38.4 Å². The second-order valence-electron chi connectivity index (χ2n) is 7.88. The maximum absolute atomic E-state index is 10.6. The highest BCUT2D eigenvalue weighted by atomic mass is 127. The highest BCUT2D eigenvalue weighted by molar-refractivity contribution is 5.91. The first-order valence-electron chi connectivity index (χ1n) is 11.1. The van der Waals surface area contributed by atoms with Crippen molar-refractivity contribution in [1.82, 2.24) is 0 Å². The molecule has 2 heterocycles. The number of aromatic hydroxyl groups is 1. The zero-order chi connectivity index (χ0) is 21.8. The van der Waals surface area contributed by atoms with Crippen molar-refractivity contribution in [2.24, 2.45) is 7.05 Å². The molecule has 0 radical (unpaired) electrons. The number of para-hydroxylation sites is 1. The molecule has 0 aliphatic carbocycles. The Labute approximate surface area is 207 Å². The maximum Gasteiger partial charge on any atom is 0.214 e. The molecular formula is C26H32IN3O2. The lowest BCUT2D eigenvalue weighted by atomic mass is 10.1. The van der Waals surface area contributed by atoms with Crippen LogP contribution in [0.2, 0.25) is 0 Å². The van der Waals surface area contributed by atoms with E-state index in [4.69, 9.17) is 4.74 Å². The first kappa shape index (κ1) is 24.3. The summed E-state index contributed by atoms with van der Waals surface area (Å²) in [5.74, 6) is 0.303. The van der Waals surface area contributed by atoms with Crippen molar-refractivity contribution in [2.45, 2.75) is 13.8 Å². The third-order valence-corrected chi connectivity index (χ3v) is 6.14. The van der Waals surface area contributed by atoms with Gasteiger partial charge in [0.05, 0.1) is 24.3 Å². The van der Waals surface area contributed by atoms with Gasteiger partial charge < -0.3 is 43.6 Å². The van der Waals surface area contributed by atoms with Gasteiger partial charge in [0.1, 0.15) is 12.8 Å². The number of morpholine rings is 1. The van der Waals surface area contributed by atoms with E-state index in [9.17, 15) is 5.11 Å². The van der Waals surface area contributed by atoms with E-state index in [2.05, 4.69) is 77.7 Å². The molecule has 5 nitrogen and oxygen atoms in total. The molecule has 0 bridgehead atoms. The van der Waals surface area contributed by atoms with Crippen LogP contribution in [0.5, 0.6) is 5.75 Å². The van der Waals surface area contributed by atoms with Crippen LogP contribution in [0.1, 0.15) is 25.1 Å². The average Bonchev–Trinajstić information content (AvgIpc) is 2.81. The van der Waals surface area contributed by atoms with Gasteiger partial charge in [-0.2, -0.15) is 4.57 Å². The summed E-state index contributed by atoms with van der Waals surface area (Å²) < 4.78 is 7.76. The maximum atomic E-state index is 10.6. The van der Waals surface area contributed by atoms with E-state index >= 15 is 0 Å². The summed E-state index contributed by atoms with van der Waals surface area (Å²) in [5.41, 5.74) is 5.37. The predicted molar refractivity (Wildman–Crippen MR) is 129 cm³/mol. The largest absolute Gasteiger partial charge is 1.00 e. The molecule has 170 valence electrons. The monoisotopic (exact) mass is 545 g/mol. The minimum Gasteiger partial charge on any atom is -1.00 e. The molecule has 32 heavy (non-hydrogen) atoms. The lowest BCUT2D eigenvalue weighted by Gasteiger charge is -2.29. The minimum absolute atomic E-state index is 0. The van der Waals surface area contributed by atoms with E-state index in [1.165, 1.54) is 16.6 Å². The molecule has 0 saturated carbocycles. The quantitative estimate of drug-likeness (QED) is 0.374. The fraction of sp³-hybridized carbons (Fsp3) is 0.346. The predicted octanol–water partition coefficient (Wildman–Crippen LogP) is 1.23. The fourth-order valence-corrected chi connectivity index (χ4v) is 4.30. The molecule has 2 aromatic carbocycles. The second kappa shape index (κ2) is 11.0. The number of hydrogen-bond acceptors (Lipinski definition) is 4. The first-order chi connectivity index (χ1) is 15.1. The molecule has 1 fully saturated rings. The Hall–Kier alpha value is -2.32. The van der Waals surface area contributed by atoms with E-state index in [1.54, 1.807) is 0 Å². The van der Waals surface area contributed by atoms with Gasteiger partial charge in [0.15, 0.2) is 0 Å². The molecule has 1 aliphatic rings. The molecule has 0 amide bonds. The van der Waals surface area contributed by atoms with E-state index < -0.39 is 0 Å². The van der Waals surface area contributed by atoms with Gasteiger partial charge in [-0.15, -0.1) is 0 Å². The minimum atomic E-state index is 0. The van der Waals surface area contributed by atoms with Crippen molar-refractivity contribution in [3.05, 3.63) is 59.8 Å². The normalized spacial score (nSPS) is 14.0. The SMILES string of the molecule is CCN(CC)c1ccc(/C=C/c2cc(N3CCOCC3)c3ccccc3[n+]2C)c(O)c1.[I-]. The number of aromatic nitrogens is 1. The summed E-state index contributed by atoms with van der Waals surface area (Å²) >= 11 is 0. The third-order valence-electron chi connectivity index (χ3n) is 6.14. The summed E-state index contributed by atoms with van der Waals surface area (Å²) in [6, 6.07) is 16.7. The number of fused-ring (bicyclic) bond motifs is 1. The van der Waals surface area contributed by atoms with Crippen LogP contribution in [0.15, 0.2) is 48.5 Å². The Kier molecular flexibility index (Phi) is 8.37. The summed E-state index contributed by atoms with van der Waals surface area (Å²) in [4.78, 5) is 4.63. The Balaban J connectivity index is 0.00000289. The van der Waals surface area contributed by atoms with E-state index in [-0.39, 0.29) is 24.0 Å². The molecule has 0 atom stereocenters. The summed E-state index contributed by atoms with van der Waals surface area (Å²) in [5, 5.41) is 11.8. The summed E-state index contributed by atoms with van der Waals surface area (Å²) in [7, 11) is 2.09. The van der Waals surface area contributed by atoms with Gasteiger partial charge in [-0.25, -0.2) is 0 Å². The number of halogens is 1. The second-order valence-corrected chi connectivity index (χ2v) is 7.88. The average molecular weight is 545 g/mol. The van der Waals surface area contributed by atoms with Crippen molar-refractivity contribution in [1.29, 1.82) is 0 Å². The first-order valence-corrected chi connectivity index (χ1v) is 11.1. The van der Waals surface area contributed by atoms with Crippen LogP contribution >= 0.6 is 0 Å². The Morgan fingerprint density at radius 1 is 1.03 bits per heavy atom. The number of phenolic OH excluding ortho intramolecular Hbond substituents is 1. The van der Waals surface area contributed by atoms with Crippen molar-refractivity contribution in [2.75, 3.05) is 49.2 Å².